The molecule has 0 amide bonds. The molecule has 0 unspecified atom stereocenters. The van der Waals surface area contributed by atoms with E-state index in [4.69, 9.17) is 0 Å². The number of aromatic amines is 1. The number of nitrogens with zero attached hydrogens (tertiary/aromatic N) is 5. The Hall–Kier alpha value is -3.22. The number of hydrogen-bond donors (Lipinski definition) is 1. The summed E-state index contributed by atoms with van der Waals surface area (Å²) in [6.07, 6.45) is 7.13. The molecule has 4 aromatic rings. The van der Waals surface area contributed by atoms with Gasteiger partial charge in [0.05, 0.1) is 6.20 Å². The summed E-state index contributed by atoms with van der Waals surface area (Å²) in [4.78, 5) is 21.7. The van der Waals surface area contributed by atoms with Gasteiger partial charge in [0.25, 0.3) is 5.56 Å². The standard InChI is InChI=1S/C18H18N6O/c1-11(2)16-12(3)22-17-14(9-21-24(17)18(16)25)13-8-20-23(10-13)15-6-4-5-7-19-15/h4-11,21H,1-3H3. The van der Waals surface area contributed by atoms with Gasteiger partial charge in [-0.25, -0.2) is 19.2 Å². The zero-order chi connectivity index (χ0) is 17.6. The highest BCUT2D eigenvalue weighted by Crippen LogP contribution is 2.24. The van der Waals surface area contributed by atoms with E-state index in [0.29, 0.717) is 5.65 Å². The fourth-order valence-electron chi connectivity index (χ4n) is 3.09. The zero-order valence-corrected chi connectivity index (χ0v) is 14.3. The molecule has 0 saturated carbocycles. The second-order valence-corrected chi connectivity index (χ2v) is 6.28. The van der Waals surface area contributed by atoms with Gasteiger partial charge in [-0.2, -0.15) is 5.10 Å². The van der Waals surface area contributed by atoms with E-state index in [-0.39, 0.29) is 11.5 Å². The molecule has 0 aliphatic heterocycles. The number of H-pyrrole nitrogens is 1. The van der Waals surface area contributed by atoms with Gasteiger partial charge < -0.3 is 0 Å². The van der Waals surface area contributed by atoms with Crippen molar-refractivity contribution in [3.8, 4) is 16.9 Å². The predicted molar refractivity (Wildman–Crippen MR) is 95.0 cm³/mol. The van der Waals surface area contributed by atoms with Gasteiger partial charge in [0.2, 0.25) is 0 Å². The number of fused-ring (bicyclic) bond motifs is 1. The molecule has 0 fully saturated rings. The fraction of sp³-hybridized carbons (Fsp3) is 0.222. The summed E-state index contributed by atoms with van der Waals surface area (Å²) in [6.45, 7) is 5.88. The van der Waals surface area contributed by atoms with E-state index >= 15 is 0 Å². The quantitative estimate of drug-likeness (QED) is 0.624. The molecule has 0 bridgehead atoms. The second kappa shape index (κ2) is 5.70. The molecule has 0 atom stereocenters. The SMILES string of the molecule is Cc1nc2c(-c3cnn(-c4ccccn4)c3)c[nH]n2c(=O)c1C(C)C. The first-order chi connectivity index (χ1) is 12.1. The van der Waals surface area contributed by atoms with Gasteiger partial charge in [0.15, 0.2) is 11.5 Å². The van der Waals surface area contributed by atoms with Gasteiger partial charge in [0.1, 0.15) is 0 Å². The first-order valence-electron chi connectivity index (χ1n) is 8.13. The van der Waals surface area contributed by atoms with E-state index in [1.165, 1.54) is 4.52 Å². The van der Waals surface area contributed by atoms with E-state index in [2.05, 4.69) is 20.2 Å². The molecule has 25 heavy (non-hydrogen) atoms. The third kappa shape index (κ3) is 2.44. The zero-order valence-electron chi connectivity index (χ0n) is 14.3. The van der Waals surface area contributed by atoms with Crippen molar-refractivity contribution in [3.05, 3.63) is 64.6 Å². The van der Waals surface area contributed by atoms with E-state index in [1.807, 2.05) is 45.2 Å². The van der Waals surface area contributed by atoms with Crippen molar-refractivity contribution in [2.24, 2.45) is 0 Å². The number of pyridine rings is 1. The lowest BCUT2D eigenvalue weighted by molar-refractivity contribution is 0.780. The Balaban J connectivity index is 1.86. The molecule has 0 saturated heterocycles. The molecule has 4 heterocycles. The summed E-state index contributed by atoms with van der Waals surface area (Å²) in [6, 6.07) is 5.65. The van der Waals surface area contributed by atoms with Crippen LogP contribution < -0.4 is 5.56 Å². The molecule has 0 aliphatic rings. The Labute approximate surface area is 144 Å². The van der Waals surface area contributed by atoms with Gasteiger partial charge in [0, 0.05) is 41.0 Å². The molecule has 4 rings (SSSR count). The molecule has 7 nitrogen and oxygen atoms in total. The van der Waals surface area contributed by atoms with Crippen LogP contribution in [0.2, 0.25) is 0 Å². The van der Waals surface area contributed by atoms with Gasteiger partial charge >= 0.3 is 0 Å². The maximum Gasteiger partial charge on any atom is 0.276 e. The molecule has 0 radical (unpaired) electrons. The Kier molecular flexibility index (Phi) is 3.49. The van der Waals surface area contributed by atoms with Crippen LogP contribution in [0, 0.1) is 6.92 Å². The van der Waals surface area contributed by atoms with Crippen molar-refractivity contribution in [1.29, 1.82) is 0 Å². The predicted octanol–water partition coefficient (Wildman–Crippen LogP) is 2.70. The van der Waals surface area contributed by atoms with Crippen LogP contribution >= 0.6 is 0 Å². The molecule has 0 spiro atoms. The number of rotatable bonds is 3. The molecule has 4 aromatic heterocycles. The number of hydrogen-bond acceptors (Lipinski definition) is 4. The van der Waals surface area contributed by atoms with Crippen molar-refractivity contribution in [2.45, 2.75) is 26.7 Å². The van der Waals surface area contributed by atoms with Crippen LogP contribution in [0.4, 0.5) is 0 Å². The van der Waals surface area contributed by atoms with Crippen molar-refractivity contribution in [2.75, 3.05) is 0 Å². The van der Waals surface area contributed by atoms with Crippen molar-refractivity contribution in [3.63, 3.8) is 0 Å². The lowest BCUT2D eigenvalue weighted by Gasteiger charge is -2.08. The minimum atomic E-state index is -0.0548. The molecule has 126 valence electrons. The molecular formula is C18H18N6O. The third-order valence-electron chi connectivity index (χ3n) is 4.24. The van der Waals surface area contributed by atoms with E-state index in [0.717, 1.165) is 28.2 Å². The van der Waals surface area contributed by atoms with Crippen molar-refractivity contribution < 1.29 is 0 Å². The average molecular weight is 334 g/mol. The molecule has 1 N–H and O–H groups in total. The van der Waals surface area contributed by atoms with Crippen LogP contribution in [0.25, 0.3) is 22.6 Å². The van der Waals surface area contributed by atoms with Crippen LogP contribution in [-0.4, -0.2) is 29.4 Å². The Morgan fingerprint density at radius 2 is 2.08 bits per heavy atom. The minimum Gasteiger partial charge on any atom is -0.296 e. The van der Waals surface area contributed by atoms with Crippen LogP contribution in [0.1, 0.15) is 31.0 Å². The molecule has 0 aromatic carbocycles. The molecular weight excluding hydrogens is 316 g/mol. The Bertz CT molecular complexity index is 1100. The van der Waals surface area contributed by atoms with E-state index in [9.17, 15) is 4.79 Å². The summed E-state index contributed by atoms with van der Waals surface area (Å²) >= 11 is 0. The van der Waals surface area contributed by atoms with Crippen LogP contribution in [0.15, 0.2) is 47.8 Å². The van der Waals surface area contributed by atoms with Gasteiger partial charge in [-0.1, -0.05) is 19.9 Å². The smallest absolute Gasteiger partial charge is 0.276 e. The molecule has 7 heteroatoms. The minimum absolute atomic E-state index is 0.0548. The van der Waals surface area contributed by atoms with E-state index in [1.54, 1.807) is 23.3 Å². The second-order valence-electron chi connectivity index (χ2n) is 6.28. The third-order valence-corrected chi connectivity index (χ3v) is 4.24. The van der Waals surface area contributed by atoms with Crippen LogP contribution in [0.3, 0.4) is 0 Å². The maximum absolute atomic E-state index is 12.7. The van der Waals surface area contributed by atoms with Gasteiger partial charge in [-0.3, -0.25) is 9.89 Å². The highest BCUT2D eigenvalue weighted by atomic mass is 16.1. The van der Waals surface area contributed by atoms with Crippen LogP contribution in [-0.2, 0) is 0 Å². The summed E-state index contributed by atoms with van der Waals surface area (Å²) in [5, 5.41) is 7.38. The Morgan fingerprint density at radius 3 is 2.80 bits per heavy atom. The number of nitrogens with one attached hydrogen (secondary N) is 1. The monoisotopic (exact) mass is 334 g/mol. The number of aromatic nitrogens is 6. The summed E-state index contributed by atoms with van der Waals surface area (Å²) in [5.41, 5.74) is 3.74. The lowest BCUT2D eigenvalue weighted by atomic mass is 10.0. The van der Waals surface area contributed by atoms with Crippen LogP contribution in [0.5, 0.6) is 0 Å². The van der Waals surface area contributed by atoms with Crippen molar-refractivity contribution in [1.82, 2.24) is 29.4 Å². The highest BCUT2D eigenvalue weighted by molar-refractivity contribution is 5.76. The maximum atomic E-state index is 12.7. The largest absolute Gasteiger partial charge is 0.296 e. The first-order valence-corrected chi connectivity index (χ1v) is 8.13. The highest BCUT2D eigenvalue weighted by Gasteiger charge is 2.17. The molecule has 0 aliphatic carbocycles. The summed E-state index contributed by atoms with van der Waals surface area (Å²) in [5.74, 6) is 0.854. The van der Waals surface area contributed by atoms with E-state index < -0.39 is 0 Å². The van der Waals surface area contributed by atoms with Gasteiger partial charge in [-0.15, -0.1) is 0 Å². The normalized spacial score (nSPS) is 11.5. The van der Waals surface area contributed by atoms with Crippen molar-refractivity contribution >= 4 is 5.65 Å². The number of aryl methyl sites for hydroxylation is 1. The lowest BCUT2D eigenvalue weighted by Crippen LogP contribution is -2.22. The summed E-state index contributed by atoms with van der Waals surface area (Å²) in [7, 11) is 0. The average Bonchev–Trinajstić information content (AvgIpc) is 3.22. The van der Waals surface area contributed by atoms with Gasteiger partial charge in [-0.05, 0) is 25.0 Å². The topological polar surface area (TPSA) is 80.9 Å². The fourth-order valence-corrected chi connectivity index (χ4v) is 3.09. The first kappa shape index (κ1) is 15.3. The Morgan fingerprint density at radius 1 is 1.24 bits per heavy atom. The summed E-state index contributed by atoms with van der Waals surface area (Å²) < 4.78 is 3.20.